The zero-order chi connectivity index (χ0) is 24.3. The summed E-state index contributed by atoms with van der Waals surface area (Å²) in [5.41, 5.74) is -3.09. The minimum atomic E-state index is -4.85. The Morgan fingerprint density at radius 1 is 0.938 bits per heavy atom. The van der Waals surface area contributed by atoms with Crippen LogP contribution in [0, 0.1) is 5.92 Å². The molecule has 5 nitrogen and oxygen atoms in total. The van der Waals surface area contributed by atoms with Gasteiger partial charge in [0.25, 0.3) is 0 Å². The maximum Gasteiger partial charge on any atom is 0.494 e. The van der Waals surface area contributed by atoms with E-state index < -0.39 is 83.0 Å². The molecule has 0 aromatic heterocycles. The van der Waals surface area contributed by atoms with Gasteiger partial charge in [0, 0.05) is 13.1 Å². The number of benzene rings is 1. The smallest absolute Gasteiger partial charge is 0.399 e. The zero-order valence-corrected chi connectivity index (χ0v) is 18.8. The second-order valence-corrected chi connectivity index (χ2v) is 11.0. The first kappa shape index (κ1) is 25.3. The monoisotopic (exact) mass is 487 g/mol. The molecule has 1 aromatic carbocycles. The Morgan fingerprint density at radius 2 is 1.44 bits per heavy atom. The summed E-state index contributed by atoms with van der Waals surface area (Å²) in [6.07, 6.45) is -10.2. The van der Waals surface area contributed by atoms with Crippen LogP contribution < -0.4 is 5.46 Å². The Hall–Kier alpha value is -1.31. The van der Waals surface area contributed by atoms with Gasteiger partial charge in [-0.1, -0.05) is 6.07 Å². The number of alkyl halides is 6. The number of piperidine rings is 1. The fraction of sp³-hybridized carbons (Fsp3) is 0.684. The van der Waals surface area contributed by atoms with Crippen molar-refractivity contribution in [3.63, 3.8) is 0 Å². The minimum Gasteiger partial charge on any atom is -0.399 e. The summed E-state index contributed by atoms with van der Waals surface area (Å²) in [4.78, 5) is -0.664. The number of sulfonamides is 1. The number of halogens is 6. The fourth-order valence-electron chi connectivity index (χ4n) is 3.62. The standard InChI is InChI=1S/C19H24BF6NO4S/c1-16(2)17(3,4)31-20(30-16)14-9-13(19(24,25)26)10-15(11-14)32(28,29)27-7-5-12(6-8-27)18(21,22)23/h9-12H,5-8H2,1-4H3. The first-order chi connectivity index (χ1) is 14.3. The molecule has 0 radical (unpaired) electrons. The van der Waals surface area contributed by atoms with Gasteiger partial charge in [-0.2, -0.15) is 30.6 Å². The van der Waals surface area contributed by atoms with Crippen LogP contribution in [-0.4, -0.2) is 50.3 Å². The van der Waals surface area contributed by atoms with Gasteiger partial charge >= 0.3 is 19.5 Å². The van der Waals surface area contributed by atoms with Gasteiger partial charge in [-0.25, -0.2) is 8.42 Å². The van der Waals surface area contributed by atoms with Crippen molar-refractivity contribution in [2.24, 2.45) is 5.92 Å². The first-order valence-electron chi connectivity index (χ1n) is 9.99. The summed E-state index contributed by atoms with van der Waals surface area (Å²) in [6, 6.07) is 2.28. The molecule has 0 unspecified atom stereocenters. The van der Waals surface area contributed by atoms with Crippen LogP contribution in [0.2, 0.25) is 0 Å². The van der Waals surface area contributed by atoms with Crippen LogP contribution >= 0.6 is 0 Å². The van der Waals surface area contributed by atoms with Crippen LogP contribution in [0.1, 0.15) is 46.1 Å². The van der Waals surface area contributed by atoms with Gasteiger partial charge in [0.1, 0.15) is 0 Å². The molecule has 2 heterocycles. The van der Waals surface area contributed by atoms with Crippen molar-refractivity contribution in [3.8, 4) is 0 Å². The van der Waals surface area contributed by atoms with E-state index in [1.54, 1.807) is 27.7 Å². The van der Waals surface area contributed by atoms with Gasteiger partial charge in [-0.05, 0) is 58.1 Å². The molecule has 2 saturated heterocycles. The van der Waals surface area contributed by atoms with Crippen molar-refractivity contribution in [2.75, 3.05) is 13.1 Å². The van der Waals surface area contributed by atoms with E-state index >= 15 is 0 Å². The van der Waals surface area contributed by atoms with Crippen molar-refractivity contribution < 1.29 is 44.1 Å². The van der Waals surface area contributed by atoms with E-state index in [9.17, 15) is 34.8 Å². The highest BCUT2D eigenvalue weighted by molar-refractivity contribution is 7.89. The molecule has 0 amide bonds. The third-order valence-electron chi connectivity index (χ3n) is 6.34. The molecule has 0 bridgehead atoms. The first-order valence-corrected chi connectivity index (χ1v) is 11.4. The van der Waals surface area contributed by atoms with Crippen molar-refractivity contribution in [3.05, 3.63) is 23.8 Å². The predicted octanol–water partition coefficient (Wildman–Crippen LogP) is 3.97. The maximum absolute atomic E-state index is 13.5. The number of hydrogen-bond acceptors (Lipinski definition) is 4. The highest BCUT2D eigenvalue weighted by atomic mass is 32.2. The van der Waals surface area contributed by atoms with Crippen LogP contribution in [0.25, 0.3) is 0 Å². The average Bonchev–Trinajstić information content (AvgIpc) is 2.87. The number of hydrogen-bond donors (Lipinski definition) is 0. The van der Waals surface area contributed by atoms with Gasteiger partial charge in [0.05, 0.1) is 27.6 Å². The third-order valence-corrected chi connectivity index (χ3v) is 8.21. The summed E-state index contributed by atoms with van der Waals surface area (Å²) < 4.78 is 118. The van der Waals surface area contributed by atoms with Crippen molar-refractivity contribution >= 4 is 22.6 Å². The van der Waals surface area contributed by atoms with Crippen molar-refractivity contribution in [2.45, 2.75) is 69.0 Å². The molecule has 1 aromatic rings. The van der Waals surface area contributed by atoms with E-state index in [2.05, 4.69) is 0 Å². The van der Waals surface area contributed by atoms with E-state index in [4.69, 9.17) is 9.31 Å². The molecule has 180 valence electrons. The van der Waals surface area contributed by atoms with E-state index in [1.807, 2.05) is 0 Å². The molecule has 3 rings (SSSR count). The maximum atomic E-state index is 13.5. The largest absolute Gasteiger partial charge is 0.494 e. The lowest BCUT2D eigenvalue weighted by molar-refractivity contribution is -0.182. The molecule has 2 aliphatic rings. The molecule has 13 heteroatoms. The van der Waals surface area contributed by atoms with Crippen molar-refractivity contribution in [1.29, 1.82) is 0 Å². The Labute approximate surface area is 183 Å². The number of nitrogens with zero attached hydrogens (tertiary/aromatic N) is 1. The second-order valence-electron chi connectivity index (χ2n) is 9.10. The molecule has 0 N–H and O–H groups in total. The topological polar surface area (TPSA) is 55.8 Å². The SMILES string of the molecule is CC1(C)OB(c2cc(C(F)(F)F)cc(S(=O)(=O)N3CCC(C(F)(F)F)CC3)c2)OC1(C)C. The highest BCUT2D eigenvalue weighted by Gasteiger charge is 2.52. The molecular weight excluding hydrogens is 463 g/mol. The Morgan fingerprint density at radius 3 is 1.88 bits per heavy atom. The van der Waals surface area contributed by atoms with Crippen LogP contribution in [0.15, 0.2) is 23.1 Å². The van der Waals surface area contributed by atoms with Crippen LogP contribution in [0.5, 0.6) is 0 Å². The van der Waals surface area contributed by atoms with Crippen LogP contribution in [0.3, 0.4) is 0 Å². The van der Waals surface area contributed by atoms with E-state index in [0.29, 0.717) is 6.07 Å². The molecule has 2 fully saturated rings. The van der Waals surface area contributed by atoms with Gasteiger partial charge in [0.2, 0.25) is 10.0 Å². The van der Waals surface area contributed by atoms with Gasteiger partial charge in [-0.3, -0.25) is 0 Å². The predicted molar refractivity (Wildman–Crippen MR) is 105 cm³/mol. The number of rotatable bonds is 3. The normalized spacial score (nSPS) is 23.0. The van der Waals surface area contributed by atoms with Crippen molar-refractivity contribution in [1.82, 2.24) is 4.31 Å². The molecule has 32 heavy (non-hydrogen) atoms. The van der Waals surface area contributed by atoms with Gasteiger partial charge in [0.15, 0.2) is 0 Å². The molecule has 0 saturated carbocycles. The van der Waals surface area contributed by atoms with Crippen LogP contribution in [0.4, 0.5) is 26.3 Å². The summed E-state index contributed by atoms with van der Waals surface area (Å²) in [6.45, 7) is 5.92. The minimum absolute atomic E-state index is 0.137. The van der Waals surface area contributed by atoms with E-state index in [0.717, 1.165) is 16.4 Å². The Balaban J connectivity index is 1.97. The summed E-state index contributed by atoms with van der Waals surface area (Å²) in [5.74, 6) is -1.64. The van der Waals surface area contributed by atoms with Gasteiger partial charge < -0.3 is 9.31 Å². The zero-order valence-electron chi connectivity index (χ0n) is 18.0. The lowest BCUT2D eigenvalue weighted by atomic mass is 9.78. The summed E-state index contributed by atoms with van der Waals surface area (Å²) >= 11 is 0. The Kier molecular flexibility index (Phi) is 6.24. The van der Waals surface area contributed by atoms with E-state index in [-0.39, 0.29) is 5.46 Å². The summed E-state index contributed by atoms with van der Waals surface area (Å²) in [5, 5.41) is 0. The van der Waals surface area contributed by atoms with Crippen LogP contribution in [-0.2, 0) is 25.5 Å². The molecule has 0 spiro atoms. The Bertz CT molecular complexity index is 953. The molecule has 2 aliphatic heterocycles. The second kappa shape index (κ2) is 7.88. The lowest BCUT2D eigenvalue weighted by Gasteiger charge is -2.32. The van der Waals surface area contributed by atoms with E-state index in [1.165, 1.54) is 0 Å². The highest BCUT2D eigenvalue weighted by Crippen LogP contribution is 2.39. The van der Waals surface area contributed by atoms with Gasteiger partial charge in [-0.15, -0.1) is 0 Å². The summed E-state index contributed by atoms with van der Waals surface area (Å²) in [7, 11) is -5.71. The average molecular weight is 487 g/mol. The molecule has 0 atom stereocenters. The molecular formula is C19H24BF6NO4S. The molecule has 0 aliphatic carbocycles. The third kappa shape index (κ3) is 4.80. The quantitative estimate of drug-likeness (QED) is 0.479. The fourth-order valence-corrected chi connectivity index (χ4v) is 5.17. The lowest BCUT2D eigenvalue weighted by Crippen LogP contribution is -2.42.